The van der Waals surface area contributed by atoms with Gasteiger partial charge in [-0.3, -0.25) is 4.57 Å². The molecule has 9 nitrogen and oxygen atoms in total. The van der Waals surface area contributed by atoms with E-state index in [0.29, 0.717) is 24.2 Å². The molecule has 4 aromatic rings. The quantitative estimate of drug-likeness (QED) is 0.374. The molecule has 0 unspecified atom stereocenters. The molecule has 0 aliphatic carbocycles. The first-order valence-electron chi connectivity index (χ1n) is 11.3. The number of fused-ring (bicyclic) bond motifs is 1. The Morgan fingerprint density at radius 2 is 1.77 bits per heavy atom. The molecule has 2 aromatic heterocycles. The first-order chi connectivity index (χ1) is 17.1. The van der Waals surface area contributed by atoms with E-state index in [2.05, 4.69) is 9.97 Å². The van der Waals surface area contributed by atoms with Crippen molar-refractivity contribution in [3.05, 3.63) is 87.6 Å². The third kappa shape index (κ3) is 4.68. The van der Waals surface area contributed by atoms with Crippen LogP contribution in [-0.2, 0) is 22.6 Å². The lowest BCUT2D eigenvalue weighted by Crippen LogP contribution is -2.29. The highest BCUT2D eigenvalue weighted by Gasteiger charge is 2.39. The molecule has 2 aromatic carbocycles. The molecule has 5 rings (SSSR count). The van der Waals surface area contributed by atoms with Crippen LogP contribution < -0.4 is 10.4 Å². The third-order valence-corrected chi connectivity index (χ3v) is 6.24. The fourth-order valence-corrected chi connectivity index (χ4v) is 4.56. The molecule has 0 saturated carbocycles. The summed E-state index contributed by atoms with van der Waals surface area (Å²) in [4.78, 5) is 22.2. The van der Waals surface area contributed by atoms with Crippen LogP contribution in [0.1, 0.15) is 23.8 Å². The van der Waals surface area contributed by atoms with Crippen molar-refractivity contribution in [2.45, 2.75) is 38.0 Å². The molecule has 0 bridgehead atoms. The number of hydrogen-bond acceptors (Lipinski definition) is 7. The third-order valence-electron chi connectivity index (χ3n) is 6.07. The largest absolute Gasteiger partial charge is 0.479 e. The van der Waals surface area contributed by atoms with Crippen molar-refractivity contribution in [2.75, 3.05) is 13.7 Å². The monoisotopic (exact) mass is 496 g/mol. The van der Waals surface area contributed by atoms with Crippen LogP contribution in [0.5, 0.6) is 5.88 Å². The van der Waals surface area contributed by atoms with Crippen LogP contribution in [0.15, 0.2) is 65.5 Å². The number of aliphatic hydroxyl groups is 1. The molecule has 1 N–H and O–H groups in total. The summed E-state index contributed by atoms with van der Waals surface area (Å²) < 4.78 is 20.6. The molecule has 3 atom stereocenters. The van der Waals surface area contributed by atoms with Crippen molar-refractivity contribution in [3.63, 3.8) is 0 Å². The second kappa shape index (κ2) is 10.2. The molecule has 1 fully saturated rings. The van der Waals surface area contributed by atoms with Crippen LogP contribution >= 0.6 is 11.6 Å². The van der Waals surface area contributed by atoms with Gasteiger partial charge in [-0.25, -0.2) is 9.36 Å². The Morgan fingerprint density at radius 1 is 1.09 bits per heavy atom. The number of rotatable bonds is 8. The molecule has 0 radical (unpaired) electrons. The van der Waals surface area contributed by atoms with E-state index in [1.54, 1.807) is 4.57 Å². The second-order valence-electron chi connectivity index (χ2n) is 8.28. The Balaban J connectivity index is 1.52. The number of benzene rings is 2. The van der Waals surface area contributed by atoms with E-state index in [9.17, 15) is 9.90 Å². The number of halogens is 1. The lowest BCUT2D eigenvalue weighted by atomic mass is 10.1. The summed E-state index contributed by atoms with van der Waals surface area (Å²) in [5, 5.41) is 9.90. The van der Waals surface area contributed by atoms with Gasteiger partial charge < -0.3 is 19.3 Å². The van der Waals surface area contributed by atoms with Gasteiger partial charge in [0.2, 0.25) is 11.2 Å². The Hall–Kier alpha value is -3.24. The van der Waals surface area contributed by atoms with Crippen LogP contribution in [0, 0.1) is 0 Å². The normalized spacial score (nSPS) is 19.9. The molecule has 182 valence electrons. The molecule has 35 heavy (non-hydrogen) atoms. The van der Waals surface area contributed by atoms with Crippen LogP contribution in [0.2, 0.25) is 5.28 Å². The van der Waals surface area contributed by atoms with Gasteiger partial charge in [0.1, 0.15) is 12.3 Å². The van der Waals surface area contributed by atoms with E-state index in [1.807, 2.05) is 60.7 Å². The van der Waals surface area contributed by atoms with Crippen molar-refractivity contribution in [3.8, 4) is 5.88 Å². The summed E-state index contributed by atoms with van der Waals surface area (Å²) in [6.07, 6.45) is -1.37. The van der Waals surface area contributed by atoms with Crippen molar-refractivity contribution in [1.82, 2.24) is 19.1 Å². The zero-order valence-corrected chi connectivity index (χ0v) is 19.8. The predicted octanol–water partition coefficient (Wildman–Crippen LogP) is 3.17. The standard InChI is InChI=1S/C25H25ClN4O5/c1-33-23-21-22(27-24(26)28-23)30(25(32)29(21)13-16-8-4-2-5-9-16)20-12-18(19(14-31)35-20)34-15-17-10-6-3-7-11-17/h2-11,18-20,31H,12-15H2,1H3/t18-,19+,20+/m0/s1. The second-order valence-corrected chi connectivity index (χ2v) is 8.62. The van der Waals surface area contributed by atoms with Crippen LogP contribution in [0.3, 0.4) is 0 Å². The average Bonchev–Trinajstić information content (AvgIpc) is 3.41. The first-order valence-corrected chi connectivity index (χ1v) is 11.6. The minimum Gasteiger partial charge on any atom is -0.479 e. The van der Waals surface area contributed by atoms with Gasteiger partial charge in [-0.2, -0.15) is 9.97 Å². The van der Waals surface area contributed by atoms with E-state index in [4.69, 9.17) is 25.8 Å². The Labute approximate surface area is 206 Å². The van der Waals surface area contributed by atoms with Gasteiger partial charge in [-0.1, -0.05) is 60.7 Å². The lowest BCUT2D eigenvalue weighted by molar-refractivity contribution is -0.0648. The number of imidazole rings is 1. The van der Waals surface area contributed by atoms with Gasteiger partial charge in [-0.05, 0) is 22.7 Å². The van der Waals surface area contributed by atoms with Crippen molar-refractivity contribution >= 4 is 22.8 Å². The van der Waals surface area contributed by atoms with Crippen LogP contribution in [0.4, 0.5) is 0 Å². The molecule has 3 heterocycles. The van der Waals surface area contributed by atoms with Gasteiger partial charge in [0.05, 0.1) is 33.0 Å². The Bertz CT molecular complexity index is 1360. The van der Waals surface area contributed by atoms with Crippen molar-refractivity contribution in [1.29, 1.82) is 0 Å². The van der Waals surface area contributed by atoms with E-state index >= 15 is 0 Å². The first kappa shape index (κ1) is 23.5. The summed E-state index contributed by atoms with van der Waals surface area (Å²) in [6.45, 7) is 0.408. The van der Waals surface area contributed by atoms with Crippen LogP contribution in [0.25, 0.3) is 11.2 Å². The highest BCUT2D eigenvalue weighted by molar-refractivity contribution is 6.28. The van der Waals surface area contributed by atoms with E-state index in [1.165, 1.54) is 11.7 Å². The van der Waals surface area contributed by atoms with Gasteiger partial charge in [0.25, 0.3) is 0 Å². The molecule has 1 aliphatic heterocycles. The van der Waals surface area contributed by atoms with Crippen molar-refractivity contribution in [2.24, 2.45) is 0 Å². The smallest absolute Gasteiger partial charge is 0.332 e. The SMILES string of the molecule is COc1nc(Cl)nc2c1n(Cc1ccccc1)c(=O)n2[C@H]1C[C@H](OCc2ccccc2)[C@@H](CO)O1. The minimum atomic E-state index is -0.712. The Morgan fingerprint density at radius 3 is 2.43 bits per heavy atom. The summed E-state index contributed by atoms with van der Waals surface area (Å²) in [5.74, 6) is 0.195. The summed E-state index contributed by atoms with van der Waals surface area (Å²) in [6, 6.07) is 19.3. The van der Waals surface area contributed by atoms with E-state index in [-0.39, 0.29) is 30.0 Å². The molecule has 10 heteroatoms. The highest BCUT2D eigenvalue weighted by atomic mass is 35.5. The number of nitrogens with zero attached hydrogens (tertiary/aromatic N) is 4. The molecule has 0 amide bonds. The predicted molar refractivity (Wildman–Crippen MR) is 130 cm³/mol. The van der Waals surface area contributed by atoms with Crippen LogP contribution in [-0.4, -0.2) is 50.1 Å². The summed E-state index contributed by atoms with van der Waals surface area (Å²) in [5.41, 5.74) is 2.31. The van der Waals surface area contributed by atoms with Gasteiger partial charge >= 0.3 is 5.69 Å². The van der Waals surface area contributed by atoms with Gasteiger partial charge in [0.15, 0.2) is 11.2 Å². The average molecular weight is 497 g/mol. The Kier molecular flexibility index (Phi) is 6.83. The molecule has 1 aliphatic rings. The zero-order chi connectivity index (χ0) is 24.4. The number of aromatic nitrogens is 4. The lowest BCUT2D eigenvalue weighted by Gasteiger charge is -2.16. The maximum atomic E-state index is 13.7. The summed E-state index contributed by atoms with van der Waals surface area (Å²) in [7, 11) is 1.47. The van der Waals surface area contributed by atoms with Gasteiger partial charge in [-0.15, -0.1) is 0 Å². The fourth-order valence-electron chi connectivity index (χ4n) is 4.41. The molecule has 1 saturated heterocycles. The zero-order valence-electron chi connectivity index (χ0n) is 19.1. The van der Waals surface area contributed by atoms with E-state index in [0.717, 1.165) is 11.1 Å². The highest BCUT2D eigenvalue weighted by Crippen LogP contribution is 2.34. The van der Waals surface area contributed by atoms with Crippen molar-refractivity contribution < 1.29 is 19.3 Å². The number of aliphatic hydroxyl groups excluding tert-OH is 1. The fraction of sp³-hybridized carbons (Fsp3) is 0.320. The topological polar surface area (TPSA) is 101 Å². The maximum Gasteiger partial charge on any atom is 0.332 e. The van der Waals surface area contributed by atoms with Gasteiger partial charge in [0, 0.05) is 6.42 Å². The number of methoxy groups -OCH3 is 1. The minimum absolute atomic E-state index is 0.0476. The number of hydrogen-bond donors (Lipinski definition) is 1. The van der Waals surface area contributed by atoms with E-state index < -0.39 is 18.4 Å². The summed E-state index contributed by atoms with van der Waals surface area (Å²) >= 11 is 6.17. The molecule has 0 spiro atoms. The molecular weight excluding hydrogens is 472 g/mol. The molecular formula is C25H25ClN4O5. The number of ether oxygens (including phenoxy) is 3. The maximum absolute atomic E-state index is 13.7.